The molecule has 0 aliphatic carbocycles. The van der Waals surface area contributed by atoms with Gasteiger partial charge in [0.25, 0.3) is 5.91 Å². The number of hydrogen-bond acceptors (Lipinski definition) is 5. The minimum atomic E-state index is -2.02. The minimum Gasteiger partial charge on any atom is -0.486 e. The van der Waals surface area contributed by atoms with Gasteiger partial charge in [-0.15, -0.1) is 0 Å². The maximum absolute atomic E-state index is 13.6. The average Bonchev–Trinajstić information content (AvgIpc) is 3.01. The summed E-state index contributed by atoms with van der Waals surface area (Å²) in [5.41, 5.74) is -0.271. The molecule has 1 amide bonds. The van der Waals surface area contributed by atoms with Crippen molar-refractivity contribution in [3.05, 3.63) is 89.2 Å². The molecule has 0 saturated carbocycles. The van der Waals surface area contributed by atoms with Gasteiger partial charge in [0.05, 0.1) is 18.7 Å². The van der Waals surface area contributed by atoms with E-state index < -0.39 is 29.5 Å². The molecule has 0 spiro atoms. The zero-order valence-corrected chi connectivity index (χ0v) is 17.1. The zero-order valence-electron chi connectivity index (χ0n) is 17.1. The van der Waals surface area contributed by atoms with Crippen LogP contribution >= 0.6 is 0 Å². The highest BCUT2D eigenvalue weighted by molar-refractivity contribution is 6.10. The van der Waals surface area contributed by atoms with E-state index in [2.05, 4.69) is 0 Å². The number of benzene rings is 3. The molecule has 1 atom stereocenters. The van der Waals surface area contributed by atoms with E-state index in [9.17, 15) is 19.1 Å². The molecular weight excluding hydrogens is 413 g/mol. The number of fused-ring (bicyclic) bond motifs is 2. The van der Waals surface area contributed by atoms with Gasteiger partial charge in [-0.3, -0.25) is 9.59 Å². The lowest BCUT2D eigenvalue weighted by Crippen LogP contribution is -2.41. The fourth-order valence-electron chi connectivity index (χ4n) is 4.20. The van der Waals surface area contributed by atoms with E-state index >= 15 is 0 Å². The van der Waals surface area contributed by atoms with E-state index in [-0.39, 0.29) is 6.54 Å². The van der Waals surface area contributed by atoms with Gasteiger partial charge >= 0.3 is 0 Å². The van der Waals surface area contributed by atoms with Gasteiger partial charge in [-0.1, -0.05) is 30.3 Å². The SMILES string of the molecule is O=C(C[C@@]1(O)C(=O)N(Cc2cccc(F)c2)c2ccccc21)c1ccc2c(c1)OCCO2. The third-order valence-electron chi connectivity index (χ3n) is 5.75. The first kappa shape index (κ1) is 20.2. The quantitative estimate of drug-likeness (QED) is 0.623. The standard InChI is InChI=1S/C25H20FNO5/c26-18-5-3-4-16(12-18)15-27-20-7-2-1-6-19(20)25(30,24(27)29)14-21(28)17-8-9-22-23(13-17)32-11-10-31-22/h1-9,12-13,30H,10-11,14-15H2/t25-/m0/s1. The van der Waals surface area contributed by atoms with Crippen LogP contribution in [0.1, 0.15) is 27.9 Å². The highest BCUT2D eigenvalue weighted by Crippen LogP contribution is 2.44. The summed E-state index contributed by atoms with van der Waals surface area (Å²) >= 11 is 0. The van der Waals surface area contributed by atoms with Crippen molar-refractivity contribution in [2.45, 2.75) is 18.6 Å². The lowest BCUT2D eigenvalue weighted by atomic mass is 9.88. The summed E-state index contributed by atoms with van der Waals surface area (Å²) in [5, 5.41) is 11.4. The molecule has 7 heteroatoms. The van der Waals surface area contributed by atoms with E-state index in [0.29, 0.717) is 47.1 Å². The smallest absolute Gasteiger partial charge is 0.264 e. The van der Waals surface area contributed by atoms with Crippen LogP contribution in [-0.2, 0) is 16.9 Å². The summed E-state index contributed by atoms with van der Waals surface area (Å²) in [7, 11) is 0. The van der Waals surface area contributed by atoms with E-state index in [4.69, 9.17) is 9.47 Å². The largest absolute Gasteiger partial charge is 0.486 e. The van der Waals surface area contributed by atoms with Crippen LogP contribution < -0.4 is 14.4 Å². The van der Waals surface area contributed by atoms with Crippen molar-refractivity contribution in [3.63, 3.8) is 0 Å². The van der Waals surface area contributed by atoms with Crippen LogP contribution in [0.4, 0.5) is 10.1 Å². The summed E-state index contributed by atoms with van der Waals surface area (Å²) in [6.45, 7) is 0.899. The highest BCUT2D eigenvalue weighted by Gasteiger charge is 2.50. The Morgan fingerprint density at radius 2 is 1.78 bits per heavy atom. The lowest BCUT2D eigenvalue weighted by Gasteiger charge is -2.23. The first-order valence-electron chi connectivity index (χ1n) is 10.3. The number of para-hydroxylation sites is 1. The van der Waals surface area contributed by atoms with Gasteiger partial charge in [-0.2, -0.15) is 0 Å². The summed E-state index contributed by atoms with van der Waals surface area (Å²) < 4.78 is 24.7. The maximum Gasteiger partial charge on any atom is 0.264 e. The van der Waals surface area contributed by atoms with Crippen LogP contribution in [0.15, 0.2) is 66.7 Å². The van der Waals surface area contributed by atoms with E-state index in [1.54, 1.807) is 54.6 Å². The van der Waals surface area contributed by atoms with Gasteiger partial charge in [-0.25, -0.2) is 4.39 Å². The molecule has 3 aromatic rings. The monoisotopic (exact) mass is 433 g/mol. The molecule has 0 unspecified atom stereocenters. The topological polar surface area (TPSA) is 76.1 Å². The average molecular weight is 433 g/mol. The van der Waals surface area contributed by atoms with Crippen LogP contribution in [0, 0.1) is 5.82 Å². The van der Waals surface area contributed by atoms with Gasteiger partial charge in [0, 0.05) is 11.1 Å². The number of aliphatic hydroxyl groups is 1. The molecule has 32 heavy (non-hydrogen) atoms. The second kappa shape index (κ2) is 7.76. The lowest BCUT2D eigenvalue weighted by molar-refractivity contribution is -0.136. The molecule has 2 aliphatic heterocycles. The van der Waals surface area contributed by atoms with Gasteiger partial charge in [0.1, 0.15) is 19.0 Å². The molecule has 1 N–H and O–H groups in total. The number of carbonyl (C=O) groups is 2. The summed E-state index contributed by atoms with van der Waals surface area (Å²) in [4.78, 5) is 27.8. The number of hydrogen-bond donors (Lipinski definition) is 1. The second-order valence-corrected chi connectivity index (χ2v) is 7.86. The maximum atomic E-state index is 13.6. The van der Waals surface area contributed by atoms with Gasteiger partial charge in [-0.05, 0) is 42.0 Å². The van der Waals surface area contributed by atoms with E-state index in [1.165, 1.54) is 17.0 Å². The Balaban J connectivity index is 1.45. The Kier molecular flexibility index (Phi) is 4.90. The number of ketones is 1. The number of halogens is 1. The number of nitrogens with zero attached hydrogens (tertiary/aromatic N) is 1. The number of amides is 1. The van der Waals surface area contributed by atoms with Crippen molar-refractivity contribution >= 4 is 17.4 Å². The van der Waals surface area contributed by atoms with Crippen LogP contribution in [-0.4, -0.2) is 30.0 Å². The molecule has 5 rings (SSSR count). The molecule has 3 aromatic carbocycles. The van der Waals surface area contributed by atoms with Gasteiger partial charge < -0.3 is 19.5 Å². The van der Waals surface area contributed by atoms with Crippen LogP contribution in [0.25, 0.3) is 0 Å². The summed E-state index contributed by atoms with van der Waals surface area (Å²) in [6, 6.07) is 17.5. The van der Waals surface area contributed by atoms with Crippen molar-refractivity contribution < 1.29 is 28.6 Å². The first-order valence-corrected chi connectivity index (χ1v) is 10.3. The fraction of sp³-hybridized carbons (Fsp3) is 0.200. The molecule has 0 aromatic heterocycles. The summed E-state index contributed by atoms with van der Waals surface area (Å²) in [6.07, 6.45) is -0.428. The molecule has 0 bridgehead atoms. The highest BCUT2D eigenvalue weighted by atomic mass is 19.1. The Labute approximate surface area is 183 Å². The Morgan fingerprint density at radius 3 is 2.59 bits per heavy atom. The Bertz CT molecular complexity index is 1230. The molecule has 0 saturated heterocycles. The van der Waals surface area contributed by atoms with E-state index in [1.807, 2.05) is 0 Å². The Morgan fingerprint density at radius 1 is 1.00 bits per heavy atom. The predicted molar refractivity (Wildman–Crippen MR) is 114 cm³/mol. The molecule has 2 aliphatic rings. The third kappa shape index (κ3) is 3.40. The van der Waals surface area contributed by atoms with Crippen LogP contribution in [0.2, 0.25) is 0 Å². The first-order chi connectivity index (χ1) is 15.5. The van der Waals surface area contributed by atoms with Gasteiger partial charge in [0.2, 0.25) is 0 Å². The number of anilines is 1. The molecule has 6 nitrogen and oxygen atoms in total. The van der Waals surface area contributed by atoms with Crippen molar-refractivity contribution in [2.24, 2.45) is 0 Å². The van der Waals surface area contributed by atoms with Crippen molar-refractivity contribution in [2.75, 3.05) is 18.1 Å². The van der Waals surface area contributed by atoms with E-state index in [0.717, 1.165) is 0 Å². The zero-order chi connectivity index (χ0) is 22.3. The number of ether oxygens (including phenoxy) is 2. The normalized spacial score (nSPS) is 19.1. The van der Waals surface area contributed by atoms with Crippen LogP contribution in [0.3, 0.4) is 0 Å². The molecule has 162 valence electrons. The number of carbonyl (C=O) groups excluding carboxylic acids is 2. The molecule has 0 fully saturated rings. The van der Waals surface area contributed by atoms with Crippen molar-refractivity contribution in [1.82, 2.24) is 0 Å². The predicted octanol–water partition coefficient (Wildman–Crippen LogP) is 3.60. The number of Topliss-reactive ketones (excluding diaryl/α,β-unsaturated/α-hetero) is 1. The van der Waals surface area contributed by atoms with Crippen LogP contribution in [0.5, 0.6) is 11.5 Å². The second-order valence-electron chi connectivity index (χ2n) is 7.86. The molecule has 2 heterocycles. The fourth-order valence-corrected chi connectivity index (χ4v) is 4.20. The van der Waals surface area contributed by atoms with Gasteiger partial charge in [0.15, 0.2) is 22.9 Å². The van der Waals surface area contributed by atoms with Crippen molar-refractivity contribution in [1.29, 1.82) is 0 Å². The molecular formula is C25H20FNO5. The number of rotatable bonds is 5. The minimum absolute atomic E-state index is 0.0775. The third-order valence-corrected chi connectivity index (χ3v) is 5.75. The Hall–Kier alpha value is -3.71. The summed E-state index contributed by atoms with van der Waals surface area (Å²) in [5.74, 6) is -0.421. The van der Waals surface area contributed by atoms with Crippen molar-refractivity contribution in [3.8, 4) is 11.5 Å². The molecule has 0 radical (unpaired) electrons.